The van der Waals surface area contributed by atoms with Crippen LogP contribution in [-0.2, 0) is 11.2 Å². The zero-order valence-electron chi connectivity index (χ0n) is 10.8. The molecule has 1 aromatic carbocycles. The normalized spacial score (nSPS) is 16.6. The van der Waals surface area contributed by atoms with Gasteiger partial charge in [-0.3, -0.25) is 4.79 Å². The SMILES string of the molecule is C[C@](N)(Cc1ccc(C2=CC=C[B]2)cc1N)C(=O)O. The summed E-state index contributed by atoms with van der Waals surface area (Å²) in [6, 6.07) is 5.62. The number of carboxylic acid groups (broad SMARTS) is 1. The lowest BCUT2D eigenvalue weighted by Gasteiger charge is -2.20. The van der Waals surface area contributed by atoms with Crippen LogP contribution in [0, 0.1) is 0 Å². The van der Waals surface area contributed by atoms with Gasteiger partial charge < -0.3 is 16.6 Å². The Kier molecular flexibility index (Phi) is 3.49. The maximum atomic E-state index is 11.0. The summed E-state index contributed by atoms with van der Waals surface area (Å²) in [4.78, 5) is 11.0. The van der Waals surface area contributed by atoms with Crippen LogP contribution in [0.4, 0.5) is 5.69 Å². The van der Waals surface area contributed by atoms with Crippen LogP contribution in [0.2, 0.25) is 0 Å². The van der Waals surface area contributed by atoms with E-state index in [0.29, 0.717) is 5.69 Å². The molecular weight excluding hydrogens is 239 g/mol. The molecule has 1 radical (unpaired) electrons. The van der Waals surface area contributed by atoms with Gasteiger partial charge in [-0.2, -0.15) is 0 Å². The molecule has 97 valence electrons. The molecule has 1 heterocycles. The number of hydrogen-bond donors (Lipinski definition) is 3. The van der Waals surface area contributed by atoms with Gasteiger partial charge >= 0.3 is 5.97 Å². The minimum atomic E-state index is -1.31. The van der Waals surface area contributed by atoms with Crippen LogP contribution in [0.1, 0.15) is 18.1 Å². The molecule has 0 saturated heterocycles. The van der Waals surface area contributed by atoms with Crippen molar-refractivity contribution in [3.05, 3.63) is 47.5 Å². The monoisotopic (exact) mass is 255 g/mol. The first-order valence-electron chi connectivity index (χ1n) is 6.03. The second-order valence-electron chi connectivity index (χ2n) is 4.99. The molecule has 5 N–H and O–H groups in total. The molecule has 0 spiro atoms. The van der Waals surface area contributed by atoms with Crippen LogP contribution in [0.3, 0.4) is 0 Å². The fraction of sp³-hybridized carbons (Fsp3) is 0.214. The number of rotatable bonds is 4. The highest BCUT2D eigenvalue weighted by Crippen LogP contribution is 2.24. The summed E-state index contributed by atoms with van der Waals surface area (Å²) in [5.74, 6) is 0.924. The molecule has 19 heavy (non-hydrogen) atoms. The lowest BCUT2D eigenvalue weighted by atomic mass is 9.70. The Labute approximate surface area is 113 Å². The summed E-state index contributed by atoms with van der Waals surface area (Å²) in [5.41, 5.74) is 13.8. The molecule has 1 aliphatic rings. The van der Waals surface area contributed by atoms with E-state index in [0.717, 1.165) is 16.6 Å². The van der Waals surface area contributed by atoms with Crippen LogP contribution < -0.4 is 11.5 Å². The van der Waals surface area contributed by atoms with E-state index in [4.69, 9.17) is 16.6 Å². The molecule has 1 aliphatic heterocycles. The Balaban J connectivity index is 2.23. The van der Waals surface area contributed by atoms with Gasteiger partial charge in [-0.25, -0.2) is 0 Å². The van der Waals surface area contributed by atoms with Crippen molar-refractivity contribution in [3.8, 4) is 0 Å². The second kappa shape index (κ2) is 4.94. The van der Waals surface area contributed by atoms with Crippen molar-refractivity contribution in [1.29, 1.82) is 0 Å². The molecule has 0 fully saturated rings. The first kappa shape index (κ1) is 13.4. The van der Waals surface area contributed by atoms with Crippen molar-refractivity contribution in [1.82, 2.24) is 0 Å². The first-order valence-corrected chi connectivity index (χ1v) is 6.03. The van der Waals surface area contributed by atoms with Crippen LogP contribution >= 0.6 is 0 Å². The van der Waals surface area contributed by atoms with E-state index < -0.39 is 11.5 Å². The number of carbonyl (C=O) groups is 1. The van der Waals surface area contributed by atoms with Gasteiger partial charge in [-0.15, -0.1) is 5.98 Å². The molecule has 0 saturated carbocycles. The number of hydrogen-bond acceptors (Lipinski definition) is 3. The third-order valence-electron chi connectivity index (χ3n) is 3.19. The summed E-state index contributed by atoms with van der Waals surface area (Å²) < 4.78 is 0. The van der Waals surface area contributed by atoms with E-state index in [2.05, 4.69) is 0 Å². The van der Waals surface area contributed by atoms with E-state index in [1.54, 1.807) is 0 Å². The highest BCUT2D eigenvalue weighted by molar-refractivity contribution is 6.67. The zero-order valence-corrected chi connectivity index (χ0v) is 10.8. The molecule has 1 atom stereocenters. The Bertz CT molecular complexity index is 577. The number of aliphatic carboxylic acids is 1. The molecule has 5 heteroatoms. The molecule has 4 nitrogen and oxygen atoms in total. The molecule has 0 unspecified atom stereocenters. The van der Waals surface area contributed by atoms with E-state index in [-0.39, 0.29) is 6.42 Å². The average Bonchev–Trinajstić information content (AvgIpc) is 2.85. The van der Waals surface area contributed by atoms with E-state index >= 15 is 0 Å². The number of carboxylic acids is 1. The number of nitrogens with two attached hydrogens (primary N) is 2. The Hall–Kier alpha value is -2.01. The molecule has 0 aromatic heterocycles. The van der Waals surface area contributed by atoms with Gasteiger partial charge in [-0.1, -0.05) is 29.8 Å². The lowest BCUT2D eigenvalue weighted by molar-refractivity contribution is -0.142. The third kappa shape index (κ3) is 2.88. The third-order valence-corrected chi connectivity index (χ3v) is 3.19. The highest BCUT2D eigenvalue weighted by Gasteiger charge is 2.28. The van der Waals surface area contributed by atoms with E-state index in [1.807, 2.05) is 43.6 Å². The molecule has 2 rings (SSSR count). The van der Waals surface area contributed by atoms with Crippen molar-refractivity contribution in [3.63, 3.8) is 0 Å². The quantitative estimate of drug-likeness (QED) is 0.556. The van der Waals surface area contributed by atoms with Gasteiger partial charge in [0.15, 0.2) is 7.28 Å². The molecule has 0 bridgehead atoms. The van der Waals surface area contributed by atoms with Crippen molar-refractivity contribution >= 4 is 24.4 Å². The summed E-state index contributed by atoms with van der Waals surface area (Å²) >= 11 is 0. The van der Waals surface area contributed by atoms with Crippen LogP contribution in [0.5, 0.6) is 0 Å². The Morgan fingerprint density at radius 1 is 1.47 bits per heavy atom. The summed E-state index contributed by atoms with van der Waals surface area (Å²) in [6.45, 7) is 1.49. The maximum absolute atomic E-state index is 11.0. The smallest absolute Gasteiger partial charge is 0.323 e. The van der Waals surface area contributed by atoms with E-state index in [9.17, 15) is 4.79 Å². The molecule has 0 amide bonds. The summed E-state index contributed by atoms with van der Waals surface area (Å²) in [5, 5.41) is 9.03. The Morgan fingerprint density at radius 2 is 2.21 bits per heavy atom. The fourth-order valence-electron chi connectivity index (χ4n) is 1.97. The van der Waals surface area contributed by atoms with Gasteiger partial charge in [0.2, 0.25) is 0 Å². The second-order valence-corrected chi connectivity index (χ2v) is 4.99. The van der Waals surface area contributed by atoms with Crippen molar-refractivity contribution in [2.75, 3.05) is 5.73 Å². The van der Waals surface area contributed by atoms with Crippen molar-refractivity contribution in [2.24, 2.45) is 5.73 Å². The van der Waals surface area contributed by atoms with Gasteiger partial charge in [-0.05, 0) is 24.1 Å². The minimum absolute atomic E-state index is 0.204. The number of nitrogen functional groups attached to an aromatic ring is 1. The maximum Gasteiger partial charge on any atom is 0.323 e. The summed E-state index contributed by atoms with van der Waals surface area (Å²) in [7, 11) is 2.00. The number of anilines is 1. The average molecular weight is 255 g/mol. The van der Waals surface area contributed by atoms with Crippen molar-refractivity contribution < 1.29 is 9.90 Å². The van der Waals surface area contributed by atoms with Gasteiger partial charge in [0.25, 0.3) is 0 Å². The number of benzene rings is 1. The topological polar surface area (TPSA) is 89.3 Å². The first-order chi connectivity index (χ1) is 8.90. The fourth-order valence-corrected chi connectivity index (χ4v) is 1.97. The zero-order chi connectivity index (χ0) is 14.0. The van der Waals surface area contributed by atoms with Crippen LogP contribution in [0.15, 0.2) is 36.3 Å². The van der Waals surface area contributed by atoms with Gasteiger partial charge in [0, 0.05) is 12.1 Å². The minimum Gasteiger partial charge on any atom is -0.480 e. The largest absolute Gasteiger partial charge is 0.480 e. The van der Waals surface area contributed by atoms with Gasteiger partial charge in [0.1, 0.15) is 5.54 Å². The Morgan fingerprint density at radius 3 is 2.74 bits per heavy atom. The standard InChI is InChI=1S/C14H16BN2O2/c1-14(17,13(18)19)8-10-5-4-9(7-12(10)16)11-3-2-6-15-11/h2-7H,8,16-17H2,1H3,(H,18,19)/t14-/m0/s1. The molecule has 1 aromatic rings. The lowest BCUT2D eigenvalue weighted by Crippen LogP contribution is -2.46. The number of allylic oxidation sites excluding steroid dienone is 2. The highest BCUT2D eigenvalue weighted by atomic mass is 16.4. The molecule has 0 aliphatic carbocycles. The predicted octanol–water partition coefficient (Wildman–Crippen LogP) is 1.19. The molecular formula is C14H16BN2O2. The van der Waals surface area contributed by atoms with Crippen LogP contribution in [0.25, 0.3) is 5.47 Å². The van der Waals surface area contributed by atoms with Crippen molar-refractivity contribution in [2.45, 2.75) is 18.9 Å². The van der Waals surface area contributed by atoms with E-state index in [1.165, 1.54) is 6.92 Å². The van der Waals surface area contributed by atoms with Crippen LogP contribution in [-0.4, -0.2) is 23.9 Å². The predicted molar refractivity (Wildman–Crippen MR) is 77.7 cm³/mol. The van der Waals surface area contributed by atoms with Gasteiger partial charge in [0.05, 0.1) is 0 Å². The summed E-state index contributed by atoms with van der Waals surface area (Å²) in [6.07, 6.45) is 4.16.